The van der Waals surface area contributed by atoms with Gasteiger partial charge in [-0.3, -0.25) is 0 Å². The minimum atomic E-state index is 0.468. The molecule has 0 aliphatic heterocycles. The van der Waals surface area contributed by atoms with Crippen LogP contribution in [0.5, 0.6) is 11.6 Å². The van der Waals surface area contributed by atoms with Gasteiger partial charge < -0.3 is 9.30 Å². The highest BCUT2D eigenvalue weighted by atomic mass is 16.5. The maximum atomic E-state index is 5.86. The van der Waals surface area contributed by atoms with Gasteiger partial charge in [-0.05, 0) is 41.6 Å². The van der Waals surface area contributed by atoms with E-state index in [-0.39, 0.29) is 0 Å². The number of benzene rings is 1. The third kappa shape index (κ3) is 2.69. The predicted octanol–water partition coefficient (Wildman–Crippen LogP) is 2.10. The van der Waals surface area contributed by atoms with Crippen LogP contribution < -0.4 is 4.74 Å². The Morgan fingerprint density at radius 2 is 2.04 bits per heavy atom. The number of nitrogens with zero attached hydrogens (tertiary/aromatic N) is 7. The molecule has 0 spiro atoms. The van der Waals surface area contributed by atoms with Crippen molar-refractivity contribution >= 4 is 10.9 Å². The molecular formula is C16H15N7O. The van der Waals surface area contributed by atoms with Crippen LogP contribution in [0.2, 0.25) is 0 Å². The first-order chi connectivity index (χ1) is 11.7. The van der Waals surface area contributed by atoms with Crippen molar-refractivity contribution < 1.29 is 4.74 Å². The largest absolute Gasteiger partial charge is 0.439 e. The molecule has 0 saturated heterocycles. The van der Waals surface area contributed by atoms with Gasteiger partial charge in [-0.15, -0.1) is 5.10 Å². The summed E-state index contributed by atoms with van der Waals surface area (Å²) in [5.41, 5.74) is 1.93. The average Bonchev–Trinajstić information content (AvgIpc) is 3.14. The lowest BCUT2D eigenvalue weighted by atomic mass is 10.2. The monoisotopic (exact) mass is 321 g/mol. The molecular weight excluding hydrogens is 306 g/mol. The third-order valence-electron chi connectivity index (χ3n) is 3.80. The summed E-state index contributed by atoms with van der Waals surface area (Å²) in [7, 11) is 2.01. The van der Waals surface area contributed by atoms with Crippen LogP contribution in [-0.4, -0.2) is 34.7 Å². The van der Waals surface area contributed by atoms with Crippen LogP contribution >= 0.6 is 0 Å². The van der Waals surface area contributed by atoms with Gasteiger partial charge in [0.15, 0.2) is 0 Å². The Morgan fingerprint density at radius 3 is 2.88 bits per heavy atom. The summed E-state index contributed by atoms with van der Waals surface area (Å²) < 4.78 is 9.60. The van der Waals surface area contributed by atoms with Gasteiger partial charge >= 0.3 is 0 Å². The van der Waals surface area contributed by atoms with Crippen molar-refractivity contribution in [2.24, 2.45) is 7.05 Å². The predicted molar refractivity (Wildman–Crippen MR) is 86.7 cm³/mol. The SMILES string of the molecule is Cc1nnnn1Cc1cc(Oc2ccc3c(ccn3C)c2)ncn1. The summed E-state index contributed by atoms with van der Waals surface area (Å²) in [6.07, 6.45) is 3.50. The van der Waals surface area contributed by atoms with E-state index in [4.69, 9.17) is 4.74 Å². The van der Waals surface area contributed by atoms with Gasteiger partial charge in [-0.2, -0.15) is 0 Å². The smallest absolute Gasteiger partial charge is 0.222 e. The van der Waals surface area contributed by atoms with Crippen molar-refractivity contribution in [1.82, 2.24) is 34.7 Å². The quantitative estimate of drug-likeness (QED) is 0.572. The first-order valence-electron chi connectivity index (χ1n) is 7.46. The summed E-state index contributed by atoms with van der Waals surface area (Å²) in [5.74, 6) is 1.95. The van der Waals surface area contributed by atoms with E-state index in [1.165, 1.54) is 6.33 Å². The molecule has 0 saturated carbocycles. The van der Waals surface area contributed by atoms with Crippen LogP contribution in [0, 0.1) is 6.92 Å². The van der Waals surface area contributed by atoms with Crippen molar-refractivity contribution in [3.63, 3.8) is 0 Å². The Morgan fingerprint density at radius 1 is 1.12 bits per heavy atom. The van der Waals surface area contributed by atoms with E-state index in [9.17, 15) is 0 Å². The molecule has 0 atom stereocenters. The molecule has 4 aromatic rings. The molecule has 0 amide bonds. The lowest BCUT2D eigenvalue weighted by Crippen LogP contribution is -2.06. The van der Waals surface area contributed by atoms with E-state index >= 15 is 0 Å². The van der Waals surface area contributed by atoms with E-state index in [0.29, 0.717) is 12.4 Å². The first kappa shape index (κ1) is 14.3. The molecule has 0 unspecified atom stereocenters. The molecule has 1 aromatic carbocycles. The van der Waals surface area contributed by atoms with Crippen molar-refractivity contribution in [2.45, 2.75) is 13.5 Å². The molecule has 0 fully saturated rings. The Hall–Kier alpha value is -3.29. The molecule has 0 N–H and O–H groups in total. The van der Waals surface area contributed by atoms with Crippen LogP contribution in [0.15, 0.2) is 42.9 Å². The maximum Gasteiger partial charge on any atom is 0.222 e. The Balaban J connectivity index is 1.57. The summed E-state index contributed by atoms with van der Waals surface area (Å²) in [4.78, 5) is 8.41. The number of tetrazole rings is 1. The van der Waals surface area contributed by atoms with Crippen molar-refractivity contribution in [3.8, 4) is 11.6 Å². The second-order valence-electron chi connectivity index (χ2n) is 5.48. The zero-order valence-corrected chi connectivity index (χ0v) is 13.3. The Kier molecular flexibility index (Phi) is 3.42. The summed E-state index contributed by atoms with van der Waals surface area (Å²) in [6, 6.07) is 9.78. The number of fused-ring (bicyclic) bond motifs is 1. The van der Waals surface area contributed by atoms with Crippen LogP contribution in [0.4, 0.5) is 0 Å². The van der Waals surface area contributed by atoms with Gasteiger partial charge in [-0.1, -0.05) is 0 Å². The van der Waals surface area contributed by atoms with Crippen LogP contribution in [0.3, 0.4) is 0 Å². The Bertz CT molecular complexity index is 1000. The minimum Gasteiger partial charge on any atom is -0.439 e. The normalized spacial score (nSPS) is 11.1. The lowest BCUT2D eigenvalue weighted by molar-refractivity contribution is 0.459. The fourth-order valence-electron chi connectivity index (χ4n) is 2.51. The maximum absolute atomic E-state index is 5.86. The van der Waals surface area contributed by atoms with E-state index in [1.54, 1.807) is 10.7 Å². The lowest BCUT2D eigenvalue weighted by Gasteiger charge is -2.07. The molecule has 24 heavy (non-hydrogen) atoms. The zero-order valence-electron chi connectivity index (χ0n) is 13.3. The zero-order chi connectivity index (χ0) is 16.5. The van der Waals surface area contributed by atoms with Gasteiger partial charge in [0.05, 0.1) is 12.2 Å². The van der Waals surface area contributed by atoms with Gasteiger partial charge in [0.1, 0.15) is 17.9 Å². The molecule has 3 heterocycles. The van der Waals surface area contributed by atoms with E-state index < -0.39 is 0 Å². The number of hydrogen-bond donors (Lipinski definition) is 0. The first-order valence-corrected chi connectivity index (χ1v) is 7.46. The summed E-state index contributed by atoms with van der Waals surface area (Å²) >= 11 is 0. The second kappa shape index (κ2) is 5.73. The Labute approximate surface area is 137 Å². The molecule has 0 radical (unpaired) electrons. The fourth-order valence-corrected chi connectivity index (χ4v) is 2.51. The summed E-state index contributed by atoms with van der Waals surface area (Å²) in [6.45, 7) is 2.31. The van der Waals surface area contributed by atoms with Crippen LogP contribution in [-0.2, 0) is 13.6 Å². The van der Waals surface area contributed by atoms with E-state index in [0.717, 1.165) is 28.2 Å². The van der Waals surface area contributed by atoms with Crippen molar-refractivity contribution in [1.29, 1.82) is 0 Å². The third-order valence-corrected chi connectivity index (χ3v) is 3.80. The van der Waals surface area contributed by atoms with E-state index in [2.05, 4.69) is 30.1 Å². The molecule has 0 aliphatic carbocycles. The molecule has 0 aliphatic rings. The molecule has 3 aromatic heterocycles. The highest BCUT2D eigenvalue weighted by molar-refractivity contribution is 5.81. The van der Waals surface area contributed by atoms with Crippen molar-refractivity contribution in [3.05, 3.63) is 54.4 Å². The standard InChI is InChI=1S/C16H15N7O/c1-11-19-20-21-23(11)9-13-8-16(18-10-17-13)24-14-3-4-15-12(7-14)5-6-22(15)2/h3-8,10H,9H2,1-2H3. The molecule has 8 nitrogen and oxygen atoms in total. The highest BCUT2D eigenvalue weighted by Crippen LogP contribution is 2.25. The number of ether oxygens (including phenoxy) is 1. The molecule has 4 rings (SSSR count). The van der Waals surface area contributed by atoms with Gasteiger partial charge in [0, 0.05) is 30.2 Å². The minimum absolute atomic E-state index is 0.468. The number of rotatable bonds is 4. The topological polar surface area (TPSA) is 83.5 Å². The number of aryl methyl sites for hydroxylation is 2. The summed E-state index contributed by atoms with van der Waals surface area (Å²) in [5, 5.41) is 12.5. The molecule has 0 bridgehead atoms. The van der Waals surface area contributed by atoms with Gasteiger partial charge in [0.25, 0.3) is 0 Å². The fraction of sp³-hybridized carbons (Fsp3) is 0.188. The number of aromatic nitrogens is 7. The van der Waals surface area contributed by atoms with Crippen molar-refractivity contribution in [2.75, 3.05) is 0 Å². The van der Waals surface area contributed by atoms with Gasteiger partial charge in [0.2, 0.25) is 5.88 Å². The van der Waals surface area contributed by atoms with E-state index in [1.807, 2.05) is 44.4 Å². The average molecular weight is 321 g/mol. The van der Waals surface area contributed by atoms with Gasteiger partial charge in [-0.25, -0.2) is 14.6 Å². The van der Waals surface area contributed by atoms with Crippen LogP contribution in [0.1, 0.15) is 11.5 Å². The highest BCUT2D eigenvalue weighted by Gasteiger charge is 2.07. The molecule has 120 valence electrons. The molecule has 8 heteroatoms. The number of hydrogen-bond acceptors (Lipinski definition) is 6. The second-order valence-corrected chi connectivity index (χ2v) is 5.48. The van der Waals surface area contributed by atoms with Crippen LogP contribution in [0.25, 0.3) is 10.9 Å².